The average molecular weight is 406 g/mol. The van der Waals surface area contributed by atoms with Gasteiger partial charge >= 0.3 is 0 Å². The Morgan fingerprint density at radius 1 is 1.14 bits per heavy atom. The second-order valence-electron chi connectivity index (χ2n) is 7.04. The third kappa shape index (κ3) is 4.18. The van der Waals surface area contributed by atoms with Crippen LogP contribution in [0.25, 0.3) is 0 Å². The van der Waals surface area contributed by atoms with Crippen LogP contribution in [0.2, 0.25) is 0 Å². The minimum atomic E-state index is -4.07. The summed E-state index contributed by atoms with van der Waals surface area (Å²) in [5.74, 6) is -0.917. The van der Waals surface area contributed by atoms with E-state index in [0.29, 0.717) is 37.1 Å². The van der Waals surface area contributed by atoms with Crippen molar-refractivity contribution in [3.63, 3.8) is 0 Å². The molecule has 0 unspecified atom stereocenters. The van der Waals surface area contributed by atoms with Crippen molar-refractivity contribution >= 4 is 21.6 Å². The molecule has 1 amide bonds. The Kier molecular flexibility index (Phi) is 5.71. The van der Waals surface area contributed by atoms with Gasteiger partial charge in [-0.05, 0) is 56.0 Å². The lowest BCUT2D eigenvalue weighted by molar-refractivity contribution is 0.0547. The molecule has 28 heavy (non-hydrogen) atoms. The number of carbonyl (C=O) groups excluding carboxylic acids is 1. The molecular formula is C20H23FN2O4S. The van der Waals surface area contributed by atoms with Crippen molar-refractivity contribution < 1.29 is 22.7 Å². The van der Waals surface area contributed by atoms with Crippen LogP contribution in [0.3, 0.4) is 0 Å². The first-order valence-electron chi connectivity index (χ1n) is 9.05. The number of halogens is 1. The summed E-state index contributed by atoms with van der Waals surface area (Å²) >= 11 is 0. The summed E-state index contributed by atoms with van der Waals surface area (Å²) in [6, 6.07) is 8.63. The Morgan fingerprint density at radius 3 is 2.46 bits per heavy atom. The molecule has 0 spiro atoms. The molecule has 1 saturated heterocycles. The van der Waals surface area contributed by atoms with E-state index in [-0.39, 0.29) is 22.1 Å². The first-order chi connectivity index (χ1) is 13.2. The van der Waals surface area contributed by atoms with Crippen molar-refractivity contribution in [3.05, 3.63) is 58.9 Å². The molecule has 0 atom stereocenters. The normalized spacial score (nSPS) is 15.5. The number of nitrogens with zero attached hydrogens (tertiary/aromatic N) is 1. The highest BCUT2D eigenvalue weighted by Crippen LogP contribution is 2.27. The number of rotatable bonds is 4. The predicted molar refractivity (Wildman–Crippen MR) is 104 cm³/mol. The molecule has 0 aromatic heterocycles. The zero-order valence-electron chi connectivity index (χ0n) is 15.8. The molecule has 2 N–H and O–H groups in total. The number of nitrogens with one attached hydrogen (secondary N) is 1. The van der Waals surface area contributed by atoms with Gasteiger partial charge < -0.3 is 10.0 Å². The van der Waals surface area contributed by atoms with E-state index in [1.807, 2.05) is 0 Å². The lowest BCUT2D eigenvalue weighted by Crippen LogP contribution is -2.40. The maximum atomic E-state index is 13.8. The SMILES string of the molecule is Cc1ccc(S(=O)(=O)Nc2c(C)cccc2C(=O)N2CCC(O)CC2)cc1F. The molecule has 6 nitrogen and oxygen atoms in total. The standard InChI is InChI=1S/C20H23FN2O4S/c1-13-6-7-16(12-18(13)21)28(26,27)22-19-14(2)4-3-5-17(19)20(25)23-10-8-15(24)9-11-23/h3-7,12,15,22,24H,8-11H2,1-2H3. The summed E-state index contributed by atoms with van der Waals surface area (Å²) in [6.07, 6.45) is 0.554. The topological polar surface area (TPSA) is 86.7 Å². The number of anilines is 1. The molecule has 0 bridgehead atoms. The van der Waals surface area contributed by atoms with Crippen molar-refractivity contribution in [2.75, 3.05) is 17.8 Å². The van der Waals surface area contributed by atoms with Gasteiger partial charge in [-0.1, -0.05) is 18.2 Å². The molecular weight excluding hydrogens is 383 g/mol. The van der Waals surface area contributed by atoms with Crippen LogP contribution in [0.5, 0.6) is 0 Å². The number of hydrogen-bond acceptors (Lipinski definition) is 4. The van der Waals surface area contributed by atoms with E-state index >= 15 is 0 Å². The summed E-state index contributed by atoms with van der Waals surface area (Å²) in [4.78, 5) is 14.3. The number of aliphatic hydroxyl groups is 1. The van der Waals surface area contributed by atoms with Crippen LogP contribution >= 0.6 is 0 Å². The van der Waals surface area contributed by atoms with Crippen LogP contribution in [0.1, 0.15) is 34.3 Å². The van der Waals surface area contributed by atoms with E-state index in [1.54, 1.807) is 36.9 Å². The average Bonchev–Trinajstić information content (AvgIpc) is 2.65. The molecule has 0 aliphatic carbocycles. The molecule has 1 fully saturated rings. The third-order valence-corrected chi connectivity index (χ3v) is 6.29. The molecule has 1 aliphatic heterocycles. The molecule has 3 rings (SSSR count). The van der Waals surface area contributed by atoms with Gasteiger partial charge in [0.15, 0.2) is 0 Å². The molecule has 0 saturated carbocycles. The number of amides is 1. The molecule has 2 aromatic carbocycles. The summed E-state index contributed by atoms with van der Waals surface area (Å²) in [5, 5.41) is 9.64. The zero-order chi connectivity index (χ0) is 20.5. The number of hydrogen-bond donors (Lipinski definition) is 2. The van der Waals surface area contributed by atoms with Crippen LogP contribution in [-0.4, -0.2) is 43.5 Å². The van der Waals surface area contributed by atoms with Gasteiger partial charge in [0.1, 0.15) is 5.82 Å². The van der Waals surface area contributed by atoms with Gasteiger partial charge in [0.25, 0.3) is 15.9 Å². The van der Waals surface area contributed by atoms with Crippen molar-refractivity contribution in [1.29, 1.82) is 0 Å². The number of piperidine rings is 1. The fourth-order valence-electron chi connectivity index (χ4n) is 3.15. The van der Waals surface area contributed by atoms with E-state index in [0.717, 1.165) is 6.07 Å². The monoisotopic (exact) mass is 406 g/mol. The molecule has 8 heteroatoms. The molecule has 150 valence electrons. The number of sulfonamides is 1. The second kappa shape index (κ2) is 7.89. The van der Waals surface area contributed by atoms with Crippen molar-refractivity contribution in [2.45, 2.75) is 37.7 Å². The van der Waals surface area contributed by atoms with Crippen molar-refractivity contribution in [3.8, 4) is 0 Å². The lowest BCUT2D eigenvalue weighted by Gasteiger charge is -2.30. The van der Waals surface area contributed by atoms with Crippen LogP contribution in [0, 0.1) is 19.7 Å². The number of aryl methyl sites for hydroxylation is 2. The summed E-state index contributed by atoms with van der Waals surface area (Å²) < 4.78 is 41.8. The van der Waals surface area contributed by atoms with E-state index in [2.05, 4.69) is 4.72 Å². The third-order valence-electron chi connectivity index (χ3n) is 4.94. The first-order valence-corrected chi connectivity index (χ1v) is 10.5. The Morgan fingerprint density at radius 2 is 1.82 bits per heavy atom. The highest BCUT2D eigenvalue weighted by molar-refractivity contribution is 7.92. The van der Waals surface area contributed by atoms with Crippen LogP contribution in [-0.2, 0) is 10.0 Å². The maximum Gasteiger partial charge on any atom is 0.262 e. The fraction of sp³-hybridized carbons (Fsp3) is 0.350. The first kappa shape index (κ1) is 20.3. The van der Waals surface area contributed by atoms with Gasteiger partial charge in [-0.15, -0.1) is 0 Å². The van der Waals surface area contributed by atoms with Gasteiger partial charge in [0.2, 0.25) is 0 Å². The molecule has 0 radical (unpaired) electrons. The van der Waals surface area contributed by atoms with Gasteiger partial charge in [0.05, 0.1) is 22.3 Å². The van der Waals surface area contributed by atoms with E-state index in [4.69, 9.17) is 0 Å². The van der Waals surface area contributed by atoms with Crippen molar-refractivity contribution in [2.24, 2.45) is 0 Å². The summed E-state index contributed by atoms with van der Waals surface area (Å²) in [6.45, 7) is 4.06. The maximum absolute atomic E-state index is 13.8. The van der Waals surface area contributed by atoms with Gasteiger partial charge in [-0.2, -0.15) is 0 Å². The Hall–Kier alpha value is -2.45. The summed E-state index contributed by atoms with van der Waals surface area (Å²) in [7, 11) is -4.07. The lowest BCUT2D eigenvalue weighted by atomic mass is 10.0. The minimum Gasteiger partial charge on any atom is -0.393 e. The number of para-hydroxylation sites is 1. The number of benzene rings is 2. The number of carbonyl (C=O) groups is 1. The zero-order valence-corrected chi connectivity index (χ0v) is 16.6. The Balaban J connectivity index is 1.94. The van der Waals surface area contributed by atoms with Crippen molar-refractivity contribution in [1.82, 2.24) is 4.90 Å². The van der Waals surface area contributed by atoms with E-state index in [9.17, 15) is 22.7 Å². The minimum absolute atomic E-state index is 0.180. The smallest absolute Gasteiger partial charge is 0.262 e. The van der Waals surface area contributed by atoms with E-state index < -0.39 is 21.9 Å². The fourth-order valence-corrected chi connectivity index (χ4v) is 4.32. The quantitative estimate of drug-likeness (QED) is 0.818. The molecule has 1 aliphatic rings. The summed E-state index contributed by atoms with van der Waals surface area (Å²) in [5.41, 5.74) is 1.34. The van der Waals surface area contributed by atoms with Gasteiger partial charge in [-0.3, -0.25) is 9.52 Å². The second-order valence-corrected chi connectivity index (χ2v) is 8.72. The largest absolute Gasteiger partial charge is 0.393 e. The van der Waals surface area contributed by atoms with Crippen LogP contribution in [0.15, 0.2) is 41.3 Å². The van der Waals surface area contributed by atoms with Crippen LogP contribution < -0.4 is 4.72 Å². The van der Waals surface area contributed by atoms with Gasteiger partial charge in [0, 0.05) is 13.1 Å². The van der Waals surface area contributed by atoms with E-state index in [1.165, 1.54) is 12.1 Å². The highest BCUT2D eigenvalue weighted by atomic mass is 32.2. The number of likely N-dealkylation sites (tertiary alicyclic amines) is 1. The molecule has 2 aromatic rings. The van der Waals surface area contributed by atoms with Gasteiger partial charge in [-0.25, -0.2) is 12.8 Å². The predicted octanol–water partition coefficient (Wildman–Crippen LogP) is 2.84. The van der Waals surface area contributed by atoms with Crippen LogP contribution in [0.4, 0.5) is 10.1 Å². The Labute approximate surface area is 164 Å². The molecule has 1 heterocycles. The number of aliphatic hydroxyl groups excluding tert-OH is 1. The highest BCUT2D eigenvalue weighted by Gasteiger charge is 2.26. The Bertz CT molecular complexity index is 999.